The number of carbonyl (C=O) groups excluding carboxylic acids is 1. The second-order valence-corrected chi connectivity index (χ2v) is 8.54. The van der Waals surface area contributed by atoms with Crippen molar-refractivity contribution in [3.8, 4) is 0 Å². The molecule has 9 nitrogen and oxygen atoms in total. The number of sulfonamides is 1. The van der Waals surface area contributed by atoms with Crippen LogP contribution >= 0.6 is 0 Å². The summed E-state index contributed by atoms with van der Waals surface area (Å²) in [6.45, 7) is 5.13. The maximum absolute atomic E-state index is 12.8. The number of hydrogen-bond acceptors (Lipinski definition) is 6. The van der Waals surface area contributed by atoms with Crippen molar-refractivity contribution < 1.29 is 22.9 Å². The van der Waals surface area contributed by atoms with Gasteiger partial charge in [0, 0.05) is 13.1 Å². The number of nitrogens with zero attached hydrogens (tertiary/aromatic N) is 2. The highest BCUT2D eigenvalue weighted by Crippen LogP contribution is 2.30. The molecule has 0 aliphatic rings. The molecule has 10 heteroatoms. The number of amides is 1. The van der Waals surface area contributed by atoms with Gasteiger partial charge in [-0.2, -0.15) is 0 Å². The Kier molecular flexibility index (Phi) is 5.93. The molecule has 0 unspecified atom stereocenters. The van der Waals surface area contributed by atoms with E-state index in [1.807, 2.05) is 0 Å². The van der Waals surface area contributed by atoms with E-state index in [1.165, 1.54) is 31.3 Å². The zero-order valence-electron chi connectivity index (χ0n) is 15.9. The van der Waals surface area contributed by atoms with Gasteiger partial charge < -0.3 is 4.74 Å². The number of carbonyl (C=O) groups is 1. The second-order valence-electron chi connectivity index (χ2n) is 6.89. The van der Waals surface area contributed by atoms with E-state index >= 15 is 0 Å². The fourth-order valence-electron chi connectivity index (χ4n) is 2.32. The van der Waals surface area contributed by atoms with Crippen LogP contribution in [-0.2, 0) is 14.8 Å². The maximum atomic E-state index is 12.8. The molecule has 0 saturated carbocycles. The van der Waals surface area contributed by atoms with Crippen LogP contribution in [0.15, 0.2) is 53.4 Å². The summed E-state index contributed by atoms with van der Waals surface area (Å²) in [5.74, 6) is 0. The molecule has 0 aliphatic heterocycles. The van der Waals surface area contributed by atoms with E-state index < -0.39 is 37.2 Å². The van der Waals surface area contributed by atoms with Gasteiger partial charge in [-0.1, -0.05) is 24.3 Å². The summed E-state index contributed by atoms with van der Waals surface area (Å²) in [4.78, 5) is 23.4. The fourth-order valence-corrected chi connectivity index (χ4v) is 3.56. The lowest BCUT2D eigenvalue weighted by molar-refractivity contribution is -0.387. The smallest absolute Gasteiger partial charge is 0.414 e. The third kappa shape index (κ3) is 4.97. The van der Waals surface area contributed by atoms with Crippen molar-refractivity contribution in [1.29, 1.82) is 0 Å². The molecule has 0 heterocycles. The van der Waals surface area contributed by atoms with E-state index in [0.29, 0.717) is 0 Å². The lowest BCUT2D eigenvalue weighted by Gasteiger charge is -2.26. The largest absolute Gasteiger partial charge is 0.443 e. The maximum Gasteiger partial charge on any atom is 0.414 e. The highest BCUT2D eigenvalue weighted by atomic mass is 32.2. The first-order valence-electron chi connectivity index (χ1n) is 8.24. The van der Waals surface area contributed by atoms with Gasteiger partial charge in [0.05, 0.1) is 16.3 Å². The van der Waals surface area contributed by atoms with Gasteiger partial charge in [-0.3, -0.25) is 19.7 Å². The Morgan fingerprint density at radius 1 is 1.11 bits per heavy atom. The summed E-state index contributed by atoms with van der Waals surface area (Å²) in [5.41, 5.74) is -0.967. The number of hydrogen-bond donors (Lipinski definition) is 1. The van der Waals surface area contributed by atoms with Crippen molar-refractivity contribution >= 4 is 33.2 Å². The lowest BCUT2D eigenvalue weighted by Crippen LogP contribution is -2.34. The number of nitro benzene ring substituents is 1. The van der Waals surface area contributed by atoms with Crippen LogP contribution in [0.5, 0.6) is 0 Å². The van der Waals surface area contributed by atoms with Crippen molar-refractivity contribution in [2.24, 2.45) is 0 Å². The van der Waals surface area contributed by atoms with Crippen LogP contribution in [0.25, 0.3) is 0 Å². The van der Waals surface area contributed by atoms with E-state index in [9.17, 15) is 23.3 Å². The standard InChI is InChI=1S/C18H21N3O6S/c1-18(2,3)27-17(22)20(4)14-10-6-5-9-13(14)19-28(25,26)16-12-8-7-11-15(16)21(23)24/h5-12,19H,1-4H3. The highest BCUT2D eigenvalue weighted by Gasteiger charge is 2.27. The number of para-hydroxylation sites is 3. The summed E-state index contributed by atoms with van der Waals surface area (Å²) in [5, 5.41) is 11.2. The zero-order chi connectivity index (χ0) is 21.1. The number of nitro groups is 1. The molecular weight excluding hydrogens is 386 g/mol. The Hall–Kier alpha value is -3.14. The first kappa shape index (κ1) is 21.2. The quantitative estimate of drug-likeness (QED) is 0.595. The van der Waals surface area contributed by atoms with E-state index in [-0.39, 0.29) is 11.4 Å². The van der Waals surface area contributed by atoms with Gasteiger partial charge in [0.25, 0.3) is 15.7 Å². The first-order valence-corrected chi connectivity index (χ1v) is 9.73. The second kappa shape index (κ2) is 7.85. The van der Waals surface area contributed by atoms with Crippen molar-refractivity contribution in [3.05, 3.63) is 58.6 Å². The molecule has 0 radical (unpaired) electrons. The van der Waals surface area contributed by atoms with Gasteiger partial charge in [0.2, 0.25) is 0 Å². The Balaban J connectivity index is 2.41. The molecule has 0 aliphatic carbocycles. The van der Waals surface area contributed by atoms with Crippen LogP contribution in [0.1, 0.15) is 20.8 Å². The topological polar surface area (TPSA) is 119 Å². The third-order valence-corrected chi connectivity index (χ3v) is 4.94. The number of benzene rings is 2. The van der Waals surface area contributed by atoms with Gasteiger partial charge in [0.15, 0.2) is 4.90 Å². The molecule has 2 aromatic rings. The van der Waals surface area contributed by atoms with Crippen LogP contribution in [0, 0.1) is 10.1 Å². The monoisotopic (exact) mass is 407 g/mol. The van der Waals surface area contributed by atoms with Crippen molar-refractivity contribution in [3.63, 3.8) is 0 Å². The minimum absolute atomic E-state index is 0.0778. The Morgan fingerprint density at radius 2 is 1.68 bits per heavy atom. The van der Waals surface area contributed by atoms with E-state index in [4.69, 9.17) is 4.74 Å². The molecule has 28 heavy (non-hydrogen) atoms. The summed E-state index contributed by atoms with van der Waals surface area (Å²) < 4.78 is 33.1. The highest BCUT2D eigenvalue weighted by molar-refractivity contribution is 7.92. The summed E-state index contributed by atoms with van der Waals surface area (Å²) in [7, 11) is -2.84. The summed E-state index contributed by atoms with van der Waals surface area (Å²) >= 11 is 0. The van der Waals surface area contributed by atoms with Gasteiger partial charge in [0.1, 0.15) is 5.60 Å². The zero-order valence-corrected chi connectivity index (χ0v) is 16.7. The molecule has 1 N–H and O–H groups in total. The average Bonchev–Trinajstić information content (AvgIpc) is 2.59. The molecular formula is C18H21N3O6S. The van der Waals surface area contributed by atoms with Crippen LogP contribution in [0.2, 0.25) is 0 Å². The normalized spacial score (nSPS) is 11.6. The van der Waals surface area contributed by atoms with Crippen molar-refractivity contribution in [1.82, 2.24) is 0 Å². The molecule has 2 rings (SSSR count). The third-order valence-electron chi connectivity index (χ3n) is 3.53. The number of anilines is 2. The first-order chi connectivity index (χ1) is 12.9. The van der Waals surface area contributed by atoms with Crippen LogP contribution in [0.3, 0.4) is 0 Å². The van der Waals surface area contributed by atoms with Crippen molar-refractivity contribution in [2.45, 2.75) is 31.3 Å². The molecule has 0 saturated heterocycles. The van der Waals surface area contributed by atoms with Gasteiger partial charge in [-0.25, -0.2) is 13.2 Å². The van der Waals surface area contributed by atoms with E-state index in [0.717, 1.165) is 17.0 Å². The fraction of sp³-hybridized carbons (Fsp3) is 0.278. The van der Waals surface area contributed by atoms with Gasteiger partial charge in [-0.05, 0) is 39.0 Å². The van der Waals surface area contributed by atoms with Crippen LogP contribution < -0.4 is 9.62 Å². The predicted octanol–water partition coefficient (Wildman–Crippen LogP) is 3.77. The molecule has 0 aromatic heterocycles. The Morgan fingerprint density at radius 3 is 2.29 bits per heavy atom. The molecule has 0 fully saturated rings. The van der Waals surface area contributed by atoms with Crippen molar-refractivity contribution in [2.75, 3.05) is 16.7 Å². The minimum atomic E-state index is -4.28. The number of nitrogens with one attached hydrogen (secondary N) is 1. The summed E-state index contributed by atoms with van der Waals surface area (Å²) in [6.07, 6.45) is -0.676. The van der Waals surface area contributed by atoms with Gasteiger partial charge in [-0.15, -0.1) is 0 Å². The molecule has 0 spiro atoms. The number of rotatable bonds is 5. The summed E-state index contributed by atoms with van der Waals surface area (Å²) in [6, 6.07) is 11.2. The molecule has 150 valence electrons. The molecule has 1 amide bonds. The SMILES string of the molecule is CN(C(=O)OC(C)(C)C)c1ccccc1NS(=O)(=O)c1ccccc1[N+](=O)[O-]. The lowest BCUT2D eigenvalue weighted by atomic mass is 10.2. The number of ether oxygens (including phenoxy) is 1. The van der Waals surface area contributed by atoms with Crippen LogP contribution in [-0.4, -0.2) is 32.1 Å². The molecule has 0 bridgehead atoms. The predicted molar refractivity (Wildman–Crippen MR) is 105 cm³/mol. The van der Waals surface area contributed by atoms with E-state index in [1.54, 1.807) is 32.9 Å². The molecule has 2 aromatic carbocycles. The minimum Gasteiger partial charge on any atom is -0.443 e. The van der Waals surface area contributed by atoms with Crippen LogP contribution in [0.4, 0.5) is 21.9 Å². The Labute approximate surface area is 163 Å². The molecule has 0 atom stereocenters. The van der Waals surface area contributed by atoms with Gasteiger partial charge >= 0.3 is 6.09 Å². The Bertz CT molecular complexity index is 998. The average molecular weight is 407 g/mol. The van der Waals surface area contributed by atoms with E-state index in [2.05, 4.69) is 4.72 Å².